The van der Waals surface area contributed by atoms with Crippen molar-refractivity contribution >= 4 is 27.5 Å². The van der Waals surface area contributed by atoms with Gasteiger partial charge in [-0.25, -0.2) is 4.98 Å². The summed E-state index contributed by atoms with van der Waals surface area (Å²) in [5.41, 5.74) is 5.72. The number of nitrogens with zero attached hydrogens (tertiary/aromatic N) is 2. The molecule has 0 amide bonds. The van der Waals surface area contributed by atoms with Gasteiger partial charge in [-0.15, -0.1) is 11.3 Å². The van der Waals surface area contributed by atoms with E-state index in [0.29, 0.717) is 11.8 Å². The average Bonchev–Trinajstić information content (AvgIpc) is 2.56. The summed E-state index contributed by atoms with van der Waals surface area (Å²) in [6, 6.07) is 2.05. The molecular formula is C13H19N3OS. The molecule has 98 valence electrons. The molecule has 5 heteroatoms. The second-order valence-electron chi connectivity index (χ2n) is 5.02. The first-order chi connectivity index (χ1) is 8.45. The third-order valence-electron chi connectivity index (χ3n) is 2.61. The van der Waals surface area contributed by atoms with Crippen LogP contribution in [0, 0.1) is 12.8 Å². The number of hydrogen-bond donors (Lipinski definition) is 1. The number of nitrogen functional groups attached to an aromatic ring is 1. The Morgan fingerprint density at radius 3 is 2.72 bits per heavy atom. The van der Waals surface area contributed by atoms with Crippen LogP contribution in [0.3, 0.4) is 0 Å². The Kier molecular flexibility index (Phi) is 3.71. The van der Waals surface area contributed by atoms with Crippen molar-refractivity contribution in [1.82, 2.24) is 9.97 Å². The molecule has 0 aromatic carbocycles. The zero-order valence-corrected chi connectivity index (χ0v) is 12.0. The highest BCUT2D eigenvalue weighted by Crippen LogP contribution is 2.31. The number of aromatic nitrogens is 2. The summed E-state index contributed by atoms with van der Waals surface area (Å²) in [6.45, 7) is 8.46. The minimum absolute atomic E-state index is 0.128. The second kappa shape index (κ2) is 5.10. The fourth-order valence-electron chi connectivity index (χ4n) is 2.02. The molecule has 1 unspecified atom stereocenters. The predicted octanol–water partition coefficient (Wildman–Crippen LogP) is 3.40. The summed E-state index contributed by atoms with van der Waals surface area (Å²) in [5.74, 6) is 1.48. The van der Waals surface area contributed by atoms with Gasteiger partial charge in [-0.1, -0.05) is 13.8 Å². The third-order valence-corrected chi connectivity index (χ3v) is 3.56. The van der Waals surface area contributed by atoms with Crippen LogP contribution in [0.25, 0.3) is 10.2 Å². The molecule has 0 fully saturated rings. The molecule has 0 radical (unpaired) electrons. The van der Waals surface area contributed by atoms with E-state index >= 15 is 0 Å². The van der Waals surface area contributed by atoms with E-state index in [1.54, 1.807) is 11.3 Å². The van der Waals surface area contributed by atoms with Crippen molar-refractivity contribution in [2.75, 3.05) is 5.73 Å². The first kappa shape index (κ1) is 13.1. The molecule has 1 atom stereocenters. The van der Waals surface area contributed by atoms with E-state index in [0.717, 1.165) is 16.6 Å². The number of hydrogen-bond acceptors (Lipinski definition) is 5. The summed E-state index contributed by atoms with van der Waals surface area (Å²) in [4.78, 5) is 10.5. The topological polar surface area (TPSA) is 61.0 Å². The van der Waals surface area contributed by atoms with E-state index in [1.807, 2.05) is 6.92 Å². The maximum atomic E-state index is 5.91. The van der Waals surface area contributed by atoms with Gasteiger partial charge in [0.05, 0.1) is 11.5 Å². The average molecular weight is 265 g/mol. The number of rotatable bonds is 4. The van der Waals surface area contributed by atoms with E-state index in [-0.39, 0.29) is 12.1 Å². The van der Waals surface area contributed by atoms with E-state index in [4.69, 9.17) is 10.5 Å². The molecule has 4 nitrogen and oxygen atoms in total. The third kappa shape index (κ3) is 2.90. The molecular weight excluding hydrogens is 246 g/mol. The zero-order valence-electron chi connectivity index (χ0n) is 11.2. The van der Waals surface area contributed by atoms with Crippen LogP contribution in [0.4, 0.5) is 5.95 Å². The lowest BCUT2D eigenvalue weighted by molar-refractivity contribution is 0.188. The van der Waals surface area contributed by atoms with E-state index in [9.17, 15) is 0 Å². The molecule has 2 aromatic rings. The fraction of sp³-hybridized carbons (Fsp3) is 0.538. The Bertz CT molecular complexity index is 550. The highest BCUT2D eigenvalue weighted by Gasteiger charge is 2.14. The van der Waals surface area contributed by atoms with Gasteiger partial charge >= 0.3 is 0 Å². The molecule has 0 aliphatic heterocycles. The van der Waals surface area contributed by atoms with Gasteiger partial charge in [0.15, 0.2) is 0 Å². The largest absolute Gasteiger partial charge is 0.474 e. The van der Waals surface area contributed by atoms with Crippen molar-refractivity contribution in [3.63, 3.8) is 0 Å². The quantitative estimate of drug-likeness (QED) is 0.920. The summed E-state index contributed by atoms with van der Waals surface area (Å²) in [5, 5.41) is 0.960. The van der Waals surface area contributed by atoms with Crippen LogP contribution in [0.1, 0.15) is 32.1 Å². The van der Waals surface area contributed by atoms with Crippen molar-refractivity contribution in [2.45, 2.75) is 40.2 Å². The molecule has 0 aliphatic rings. The number of thiophene rings is 1. The van der Waals surface area contributed by atoms with Crippen molar-refractivity contribution in [3.05, 3.63) is 10.9 Å². The van der Waals surface area contributed by atoms with Crippen molar-refractivity contribution in [1.29, 1.82) is 0 Å². The van der Waals surface area contributed by atoms with Crippen molar-refractivity contribution < 1.29 is 4.74 Å². The van der Waals surface area contributed by atoms with Crippen LogP contribution >= 0.6 is 11.3 Å². The van der Waals surface area contributed by atoms with E-state index < -0.39 is 0 Å². The molecule has 2 rings (SSSR count). The maximum Gasteiger partial charge on any atom is 0.227 e. The molecule has 0 spiro atoms. The maximum absolute atomic E-state index is 5.91. The Morgan fingerprint density at radius 2 is 2.06 bits per heavy atom. The second-order valence-corrected chi connectivity index (χ2v) is 6.26. The van der Waals surface area contributed by atoms with Gasteiger partial charge in [0.25, 0.3) is 0 Å². The molecule has 2 N–H and O–H groups in total. The summed E-state index contributed by atoms with van der Waals surface area (Å²) < 4.78 is 5.91. The monoisotopic (exact) mass is 265 g/mol. The minimum atomic E-state index is 0.128. The summed E-state index contributed by atoms with van der Waals surface area (Å²) in [6.07, 6.45) is 1.12. The van der Waals surface area contributed by atoms with E-state index in [1.165, 1.54) is 4.88 Å². The SMILES string of the molecule is Cc1cc2c(OC(C)CC(C)C)nc(N)nc2s1. The van der Waals surface area contributed by atoms with Gasteiger partial charge in [-0.2, -0.15) is 4.98 Å². The van der Waals surface area contributed by atoms with Crippen LogP contribution < -0.4 is 10.5 Å². The highest BCUT2D eigenvalue weighted by atomic mass is 32.1. The lowest BCUT2D eigenvalue weighted by Gasteiger charge is -2.16. The molecule has 0 saturated heterocycles. The lowest BCUT2D eigenvalue weighted by Crippen LogP contribution is -2.15. The number of anilines is 1. The predicted molar refractivity (Wildman–Crippen MR) is 76.1 cm³/mol. The molecule has 0 bridgehead atoms. The van der Waals surface area contributed by atoms with Gasteiger partial charge in [-0.05, 0) is 32.3 Å². The molecule has 18 heavy (non-hydrogen) atoms. The number of ether oxygens (including phenoxy) is 1. The van der Waals surface area contributed by atoms with Gasteiger partial charge in [0.2, 0.25) is 11.8 Å². The van der Waals surface area contributed by atoms with Crippen LogP contribution in [-0.2, 0) is 0 Å². The first-order valence-electron chi connectivity index (χ1n) is 6.16. The number of nitrogens with two attached hydrogens (primary N) is 1. The van der Waals surface area contributed by atoms with Crippen LogP contribution in [0.15, 0.2) is 6.07 Å². The smallest absolute Gasteiger partial charge is 0.227 e. The zero-order chi connectivity index (χ0) is 13.3. The van der Waals surface area contributed by atoms with Gasteiger partial charge < -0.3 is 10.5 Å². The molecule has 0 aliphatic carbocycles. The van der Waals surface area contributed by atoms with Crippen LogP contribution in [0.2, 0.25) is 0 Å². The minimum Gasteiger partial charge on any atom is -0.474 e. The van der Waals surface area contributed by atoms with Crippen molar-refractivity contribution in [2.24, 2.45) is 5.92 Å². The normalized spacial score (nSPS) is 13.2. The van der Waals surface area contributed by atoms with Gasteiger partial charge in [0.1, 0.15) is 4.83 Å². The first-order valence-corrected chi connectivity index (χ1v) is 6.97. The van der Waals surface area contributed by atoms with Crippen LogP contribution in [0.5, 0.6) is 5.88 Å². The molecule has 2 heterocycles. The van der Waals surface area contributed by atoms with E-state index in [2.05, 4.69) is 36.8 Å². The standard InChI is InChI=1S/C13H19N3OS/c1-7(2)5-8(3)17-11-10-6-9(4)18-12(10)16-13(14)15-11/h6-8H,5H2,1-4H3,(H2,14,15,16). The fourth-order valence-corrected chi connectivity index (χ4v) is 2.90. The van der Waals surface area contributed by atoms with Crippen molar-refractivity contribution in [3.8, 4) is 5.88 Å². The van der Waals surface area contributed by atoms with Gasteiger partial charge in [-0.3, -0.25) is 0 Å². The number of aryl methyl sites for hydroxylation is 1. The number of fused-ring (bicyclic) bond motifs is 1. The summed E-state index contributed by atoms with van der Waals surface area (Å²) in [7, 11) is 0. The Balaban J connectivity index is 2.31. The Labute approximate surface area is 111 Å². The lowest BCUT2D eigenvalue weighted by atomic mass is 10.1. The van der Waals surface area contributed by atoms with Gasteiger partial charge in [0, 0.05) is 4.88 Å². The summed E-state index contributed by atoms with van der Waals surface area (Å²) >= 11 is 1.61. The Morgan fingerprint density at radius 1 is 1.33 bits per heavy atom. The molecule has 0 saturated carbocycles. The molecule has 2 aromatic heterocycles. The highest BCUT2D eigenvalue weighted by molar-refractivity contribution is 7.18. The Hall–Kier alpha value is -1.36. The van der Waals surface area contributed by atoms with Crippen LogP contribution in [-0.4, -0.2) is 16.1 Å².